The molecule has 5 nitrogen and oxygen atoms in total. The van der Waals surface area contributed by atoms with Crippen molar-refractivity contribution in [2.24, 2.45) is 0 Å². The fourth-order valence-electron chi connectivity index (χ4n) is 1.06. The highest BCUT2D eigenvalue weighted by atomic mass is 79.9. The number of imidazole rings is 1. The monoisotopic (exact) mass is 241 g/mol. The Morgan fingerprint density at radius 1 is 1.54 bits per heavy atom. The number of hydrogen-bond donors (Lipinski definition) is 2. The van der Waals surface area contributed by atoms with Crippen LogP contribution in [0, 0.1) is 0 Å². The van der Waals surface area contributed by atoms with E-state index in [1.165, 1.54) is 12.5 Å². The first-order valence-electron chi connectivity index (χ1n) is 3.41. The number of carbonyl (C=O) groups is 1. The number of aromatic amines is 1. The van der Waals surface area contributed by atoms with Gasteiger partial charge in [0.2, 0.25) is 0 Å². The molecule has 0 aliphatic rings. The van der Waals surface area contributed by atoms with E-state index < -0.39 is 5.97 Å². The maximum atomic E-state index is 10.7. The van der Waals surface area contributed by atoms with Gasteiger partial charge in [-0.05, 0) is 15.9 Å². The van der Waals surface area contributed by atoms with Crippen LogP contribution < -0.4 is 0 Å². The molecule has 2 N–H and O–H groups in total. The SMILES string of the molecule is O=C(O)c1ncc(Br)c2nc[nH]c12. The topological polar surface area (TPSA) is 78.9 Å². The number of fused-ring (bicyclic) bond motifs is 1. The first-order valence-corrected chi connectivity index (χ1v) is 4.20. The lowest BCUT2D eigenvalue weighted by atomic mass is 10.3. The lowest BCUT2D eigenvalue weighted by molar-refractivity contribution is 0.0692. The molecule has 2 heterocycles. The molecule has 0 spiro atoms. The van der Waals surface area contributed by atoms with Crippen LogP contribution in [0.15, 0.2) is 17.0 Å². The average molecular weight is 242 g/mol. The summed E-state index contributed by atoms with van der Waals surface area (Å²) in [6, 6.07) is 0. The van der Waals surface area contributed by atoms with Gasteiger partial charge in [-0.2, -0.15) is 0 Å². The van der Waals surface area contributed by atoms with Crippen molar-refractivity contribution in [3.63, 3.8) is 0 Å². The molecule has 13 heavy (non-hydrogen) atoms. The number of nitrogens with one attached hydrogen (secondary N) is 1. The smallest absolute Gasteiger partial charge is 0.356 e. The van der Waals surface area contributed by atoms with Crippen molar-refractivity contribution in [3.8, 4) is 0 Å². The number of aromatic nitrogens is 3. The van der Waals surface area contributed by atoms with Crippen LogP contribution >= 0.6 is 15.9 Å². The molecule has 0 saturated carbocycles. The van der Waals surface area contributed by atoms with Gasteiger partial charge in [-0.25, -0.2) is 14.8 Å². The summed E-state index contributed by atoms with van der Waals surface area (Å²) in [5.74, 6) is -1.07. The van der Waals surface area contributed by atoms with E-state index >= 15 is 0 Å². The Hall–Kier alpha value is -1.43. The molecule has 2 aromatic heterocycles. The molecular weight excluding hydrogens is 238 g/mol. The van der Waals surface area contributed by atoms with Gasteiger partial charge < -0.3 is 10.1 Å². The highest BCUT2D eigenvalue weighted by Gasteiger charge is 2.13. The third-order valence-electron chi connectivity index (χ3n) is 1.61. The summed E-state index contributed by atoms with van der Waals surface area (Å²) in [6.45, 7) is 0. The van der Waals surface area contributed by atoms with Crippen molar-refractivity contribution in [3.05, 3.63) is 22.7 Å². The molecule has 0 saturated heterocycles. The maximum absolute atomic E-state index is 10.7. The Labute approximate surface area is 80.9 Å². The zero-order valence-corrected chi connectivity index (χ0v) is 7.87. The Morgan fingerprint density at radius 3 is 3.00 bits per heavy atom. The Bertz CT molecular complexity index is 480. The number of carboxylic acids is 1. The predicted octanol–water partition coefficient (Wildman–Crippen LogP) is 1.42. The van der Waals surface area contributed by atoms with Gasteiger partial charge in [0.1, 0.15) is 11.0 Å². The summed E-state index contributed by atoms with van der Waals surface area (Å²) in [5, 5.41) is 8.77. The van der Waals surface area contributed by atoms with E-state index in [0.29, 0.717) is 15.5 Å². The van der Waals surface area contributed by atoms with Gasteiger partial charge in [-0.3, -0.25) is 0 Å². The minimum Gasteiger partial charge on any atom is -0.476 e. The summed E-state index contributed by atoms with van der Waals surface area (Å²) in [5.41, 5.74) is 0.991. The fraction of sp³-hybridized carbons (Fsp3) is 0. The number of hydrogen-bond acceptors (Lipinski definition) is 3. The van der Waals surface area contributed by atoms with E-state index in [9.17, 15) is 4.79 Å². The normalized spacial score (nSPS) is 10.5. The van der Waals surface area contributed by atoms with E-state index in [0.717, 1.165) is 0 Å². The summed E-state index contributed by atoms with van der Waals surface area (Å²) in [7, 11) is 0. The fourth-order valence-corrected chi connectivity index (χ4v) is 1.47. The van der Waals surface area contributed by atoms with Gasteiger partial charge in [0, 0.05) is 6.20 Å². The van der Waals surface area contributed by atoms with Crippen LogP contribution in [-0.2, 0) is 0 Å². The molecule has 0 radical (unpaired) electrons. The first-order chi connectivity index (χ1) is 6.20. The van der Waals surface area contributed by atoms with Crippen molar-refractivity contribution >= 4 is 32.9 Å². The van der Waals surface area contributed by atoms with E-state index in [1.54, 1.807) is 0 Å². The minimum absolute atomic E-state index is 0.0179. The lowest BCUT2D eigenvalue weighted by Crippen LogP contribution is -2.01. The van der Waals surface area contributed by atoms with E-state index in [4.69, 9.17) is 5.11 Å². The van der Waals surface area contributed by atoms with Gasteiger partial charge in [0.15, 0.2) is 5.69 Å². The van der Waals surface area contributed by atoms with Crippen LogP contribution in [0.2, 0.25) is 0 Å². The summed E-state index contributed by atoms with van der Waals surface area (Å²) >= 11 is 3.22. The van der Waals surface area contributed by atoms with Crippen LogP contribution in [0.5, 0.6) is 0 Å². The van der Waals surface area contributed by atoms with E-state index in [-0.39, 0.29) is 5.69 Å². The zero-order chi connectivity index (χ0) is 9.42. The molecule has 2 aromatic rings. The van der Waals surface area contributed by atoms with Crippen LogP contribution in [0.1, 0.15) is 10.5 Å². The molecule has 0 amide bonds. The number of H-pyrrole nitrogens is 1. The molecule has 0 aromatic carbocycles. The van der Waals surface area contributed by atoms with Crippen LogP contribution in [-0.4, -0.2) is 26.0 Å². The number of halogens is 1. The van der Waals surface area contributed by atoms with Crippen molar-refractivity contribution < 1.29 is 9.90 Å². The minimum atomic E-state index is -1.07. The molecule has 2 rings (SSSR count). The summed E-state index contributed by atoms with van der Waals surface area (Å²) in [6.07, 6.45) is 2.86. The Kier molecular flexibility index (Phi) is 1.77. The lowest BCUT2D eigenvalue weighted by Gasteiger charge is -1.96. The van der Waals surface area contributed by atoms with Crippen molar-refractivity contribution in [1.82, 2.24) is 15.0 Å². The maximum Gasteiger partial charge on any atom is 0.356 e. The molecule has 66 valence electrons. The number of nitrogens with zero attached hydrogens (tertiary/aromatic N) is 2. The molecule has 0 unspecified atom stereocenters. The number of aromatic carboxylic acids is 1. The third-order valence-corrected chi connectivity index (χ3v) is 2.19. The van der Waals surface area contributed by atoms with Gasteiger partial charge in [0.25, 0.3) is 0 Å². The second-order valence-corrected chi connectivity index (χ2v) is 3.24. The molecule has 6 heteroatoms. The highest BCUT2D eigenvalue weighted by molar-refractivity contribution is 9.10. The third kappa shape index (κ3) is 1.19. The van der Waals surface area contributed by atoms with Crippen LogP contribution in [0.3, 0.4) is 0 Å². The number of pyridine rings is 1. The van der Waals surface area contributed by atoms with Gasteiger partial charge in [-0.15, -0.1) is 0 Å². The molecular formula is C7H4BrN3O2. The van der Waals surface area contributed by atoms with Crippen molar-refractivity contribution in [2.45, 2.75) is 0 Å². The second-order valence-electron chi connectivity index (χ2n) is 2.39. The first kappa shape index (κ1) is 8.18. The Morgan fingerprint density at radius 2 is 2.31 bits per heavy atom. The van der Waals surface area contributed by atoms with Gasteiger partial charge in [0.05, 0.1) is 10.8 Å². The second kappa shape index (κ2) is 2.81. The van der Waals surface area contributed by atoms with Crippen LogP contribution in [0.4, 0.5) is 0 Å². The standard InChI is InChI=1S/C7H4BrN3O2/c8-3-1-9-6(7(12)13)5-4(3)10-2-11-5/h1-2H,(H,10,11)(H,12,13). The van der Waals surface area contributed by atoms with E-state index in [2.05, 4.69) is 30.9 Å². The molecule has 0 fully saturated rings. The quantitative estimate of drug-likeness (QED) is 0.792. The largest absolute Gasteiger partial charge is 0.476 e. The zero-order valence-electron chi connectivity index (χ0n) is 6.28. The summed E-state index contributed by atoms with van der Waals surface area (Å²) in [4.78, 5) is 21.1. The molecule has 0 aliphatic heterocycles. The van der Waals surface area contributed by atoms with Crippen LogP contribution in [0.25, 0.3) is 11.0 Å². The summed E-state index contributed by atoms with van der Waals surface area (Å²) < 4.78 is 0.675. The Balaban J connectivity index is 2.86. The molecule has 0 atom stereocenters. The predicted molar refractivity (Wildman–Crippen MR) is 48.5 cm³/mol. The molecule has 0 aliphatic carbocycles. The highest BCUT2D eigenvalue weighted by Crippen LogP contribution is 2.21. The van der Waals surface area contributed by atoms with Gasteiger partial charge in [-0.1, -0.05) is 0 Å². The van der Waals surface area contributed by atoms with E-state index in [1.807, 2.05) is 0 Å². The van der Waals surface area contributed by atoms with Gasteiger partial charge >= 0.3 is 5.97 Å². The number of rotatable bonds is 1. The van der Waals surface area contributed by atoms with Crippen molar-refractivity contribution in [1.29, 1.82) is 0 Å². The average Bonchev–Trinajstić information content (AvgIpc) is 2.53. The van der Waals surface area contributed by atoms with Crippen molar-refractivity contribution in [2.75, 3.05) is 0 Å². The molecule has 0 bridgehead atoms. The number of carboxylic acid groups (broad SMARTS) is 1.